The van der Waals surface area contributed by atoms with Gasteiger partial charge in [0.15, 0.2) is 0 Å². The number of hydrogen-bond donors (Lipinski definition) is 0. The van der Waals surface area contributed by atoms with Gasteiger partial charge in [-0.2, -0.15) is 4.80 Å². The summed E-state index contributed by atoms with van der Waals surface area (Å²) in [4.78, 5) is 16.3. The number of nitrogens with zero attached hydrogens (tertiary/aromatic N) is 5. The van der Waals surface area contributed by atoms with Crippen molar-refractivity contribution >= 4 is 28.6 Å². The molecule has 7 nitrogen and oxygen atoms in total. The molecule has 4 rings (SSSR count). The van der Waals surface area contributed by atoms with Gasteiger partial charge in [0.25, 0.3) is 5.69 Å². The van der Waals surface area contributed by atoms with Gasteiger partial charge in [0.1, 0.15) is 11.0 Å². The molecule has 0 saturated carbocycles. The van der Waals surface area contributed by atoms with Crippen LogP contribution in [0, 0.1) is 17.0 Å². The van der Waals surface area contributed by atoms with Crippen LogP contribution in [-0.2, 0) is 0 Å². The summed E-state index contributed by atoms with van der Waals surface area (Å²) in [6.07, 6.45) is 1.66. The molecule has 132 valence electrons. The van der Waals surface area contributed by atoms with Gasteiger partial charge in [0, 0.05) is 18.3 Å². The quantitative estimate of drug-likeness (QED) is 0.308. The molecule has 7 heteroatoms. The molecule has 0 N–H and O–H groups in total. The van der Waals surface area contributed by atoms with Gasteiger partial charge in [-0.3, -0.25) is 15.1 Å². The minimum Gasteiger partial charge on any atom is -0.258 e. The van der Waals surface area contributed by atoms with E-state index < -0.39 is 4.92 Å². The topological polar surface area (TPSA) is 86.2 Å². The maximum atomic E-state index is 10.7. The highest BCUT2D eigenvalue weighted by Gasteiger charge is 2.06. The molecule has 0 saturated heterocycles. The lowest BCUT2D eigenvalue weighted by atomic mass is 10.2. The molecule has 27 heavy (non-hydrogen) atoms. The van der Waals surface area contributed by atoms with Crippen LogP contribution in [-0.4, -0.2) is 26.1 Å². The van der Waals surface area contributed by atoms with Gasteiger partial charge in [-0.25, -0.2) is 0 Å². The zero-order valence-corrected chi connectivity index (χ0v) is 14.5. The highest BCUT2D eigenvalue weighted by Crippen LogP contribution is 2.20. The van der Waals surface area contributed by atoms with Crippen molar-refractivity contribution in [1.82, 2.24) is 15.0 Å². The maximum absolute atomic E-state index is 10.7. The van der Waals surface area contributed by atoms with E-state index in [1.165, 1.54) is 17.7 Å². The van der Waals surface area contributed by atoms with Gasteiger partial charge in [0.2, 0.25) is 0 Å². The maximum Gasteiger partial charge on any atom is 0.269 e. The lowest BCUT2D eigenvalue weighted by Crippen LogP contribution is -1.97. The van der Waals surface area contributed by atoms with Crippen LogP contribution in [0.15, 0.2) is 71.7 Å². The zero-order valence-electron chi connectivity index (χ0n) is 14.5. The van der Waals surface area contributed by atoms with E-state index in [4.69, 9.17) is 0 Å². The number of fused-ring (bicyclic) bond motifs is 1. The molecule has 0 amide bonds. The Morgan fingerprint density at radius 2 is 1.67 bits per heavy atom. The third-order valence-electron chi connectivity index (χ3n) is 4.10. The average molecular weight is 357 g/mol. The van der Waals surface area contributed by atoms with Crippen LogP contribution in [0.5, 0.6) is 0 Å². The van der Waals surface area contributed by atoms with Gasteiger partial charge >= 0.3 is 0 Å². The molecule has 1 heterocycles. The number of nitro groups is 1. The van der Waals surface area contributed by atoms with Crippen LogP contribution in [0.3, 0.4) is 0 Å². The first kappa shape index (κ1) is 16.6. The molecular weight excluding hydrogens is 342 g/mol. The number of benzene rings is 3. The Labute approximate surface area is 154 Å². The lowest BCUT2D eigenvalue weighted by molar-refractivity contribution is -0.384. The molecule has 0 fully saturated rings. The van der Waals surface area contributed by atoms with Gasteiger partial charge in [-0.1, -0.05) is 17.7 Å². The number of aromatic nitrogens is 3. The fourth-order valence-electron chi connectivity index (χ4n) is 2.61. The molecule has 4 aromatic rings. The number of nitro benzene ring substituents is 1. The Morgan fingerprint density at radius 1 is 0.963 bits per heavy atom. The van der Waals surface area contributed by atoms with Crippen molar-refractivity contribution in [2.45, 2.75) is 6.92 Å². The molecule has 0 unspecified atom stereocenters. The molecule has 0 atom stereocenters. The largest absolute Gasteiger partial charge is 0.269 e. The zero-order chi connectivity index (χ0) is 18.8. The monoisotopic (exact) mass is 357 g/mol. The molecule has 0 bridgehead atoms. The van der Waals surface area contributed by atoms with Gasteiger partial charge < -0.3 is 0 Å². The Balaban J connectivity index is 1.59. The second-order valence-corrected chi connectivity index (χ2v) is 6.10. The summed E-state index contributed by atoms with van der Waals surface area (Å²) >= 11 is 0. The van der Waals surface area contributed by atoms with Crippen LogP contribution >= 0.6 is 0 Å². The molecule has 1 aromatic heterocycles. The molecule has 0 radical (unpaired) electrons. The minimum absolute atomic E-state index is 0.0567. The highest BCUT2D eigenvalue weighted by atomic mass is 16.6. The van der Waals surface area contributed by atoms with Crippen LogP contribution in [0.25, 0.3) is 16.7 Å². The minimum atomic E-state index is -0.424. The Hall–Kier alpha value is -3.87. The Kier molecular flexibility index (Phi) is 4.18. The van der Waals surface area contributed by atoms with Crippen molar-refractivity contribution in [2.75, 3.05) is 0 Å². The Bertz CT molecular complexity index is 1150. The third kappa shape index (κ3) is 3.57. The van der Waals surface area contributed by atoms with Crippen molar-refractivity contribution in [3.63, 3.8) is 0 Å². The second kappa shape index (κ2) is 6.80. The number of aryl methyl sites for hydroxylation is 1. The smallest absolute Gasteiger partial charge is 0.258 e. The summed E-state index contributed by atoms with van der Waals surface area (Å²) in [5, 5.41) is 19.7. The van der Waals surface area contributed by atoms with Gasteiger partial charge in [-0.05, 0) is 55.0 Å². The van der Waals surface area contributed by atoms with Crippen molar-refractivity contribution < 1.29 is 4.92 Å². The fourth-order valence-corrected chi connectivity index (χ4v) is 2.61. The van der Waals surface area contributed by atoms with Crippen LogP contribution < -0.4 is 0 Å². The van der Waals surface area contributed by atoms with Crippen molar-refractivity contribution in [3.8, 4) is 5.69 Å². The fraction of sp³-hybridized carbons (Fsp3) is 0.0500. The van der Waals surface area contributed by atoms with Crippen molar-refractivity contribution in [3.05, 3.63) is 88.0 Å². The van der Waals surface area contributed by atoms with Crippen LogP contribution in [0.2, 0.25) is 0 Å². The van der Waals surface area contributed by atoms with E-state index in [1.807, 2.05) is 49.4 Å². The van der Waals surface area contributed by atoms with Crippen LogP contribution in [0.4, 0.5) is 11.4 Å². The van der Waals surface area contributed by atoms with E-state index >= 15 is 0 Å². The third-order valence-corrected chi connectivity index (χ3v) is 4.10. The standard InChI is InChI=1S/C20H15N5O2/c1-14-2-7-17(8-3-14)24-22-19-11-6-16(12-20(19)23-24)21-13-15-4-9-18(10-5-15)25(26)27/h2-13H,1H3. The SMILES string of the molecule is Cc1ccc(-n2nc3ccc(N=Cc4ccc([N+](=O)[O-])cc4)cc3n2)cc1. The summed E-state index contributed by atoms with van der Waals surface area (Å²) < 4.78 is 0. The summed E-state index contributed by atoms with van der Waals surface area (Å²) in [6, 6.07) is 19.8. The van der Waals surface area contributed by atoms with E-state index in [-0.39, 0.29) is 5.69 Å². The molecule has 0 aliphatic heterocycles. The predicted octanol–water partition coefficient (Wildman–Crippen LogP) is 4.39. The molecule has 3 aromatic carbocycles. The first-order chi connectivity index (χ1) is 13.1. The summed E-state index contributed by atoms with van der Waals surface area (Å²) in [7, 11) is 0. The average Bonchev–Trinajstić information content (AvgIpc) is 3.10. The summed E-state index contributed by atoms with van der Waals surface area (Å²) in [5.74, 6) is 0. The van der Waals surface area contributed by atoms with Gasteiger partial charge in [0.05, 0.1) is 16.3 Å². The van der Waals surface area contributed by atoms with Gasteiger partial charge in [-0.15, -0.1) is 10.2 Å². The molecular formula is C20H15N5O2. The lowest BCUT2D eigenvalue weighted by Gasteiger charge is -1.98. The Morgan fingerprint density at radius 3 is 2.37 bits per heavy atom. The van der Waals surface area contributed by atoms with E-state index in [9.17, 15) is 10.1 Å². The summed E-state index contributed by atoms with van der Waals surface area (Å²) in [5.41, 5.74) is 5.17. The van der Waals surface area contributed by atoms with E-state index in [0.717, 1.165) is 28.0 Å². The number of non-ortho nitro benzene ring substituents is 1. The highest BCUT2D eigenvalue weighted by molar-refractivity contribution is 5.84. The van der Waals surface area contributed by atoms with Crippen molar-refractivity contribution in [2.24, 2.45) is 4.99 Å². The normalized spacial score (nSPS) is 11.3. The first-order valence-corrected chi connectivity index (χ1v) is 8.31. The van der Waals surface area contributed by atoms with Crippen molar-refractivity contribution in [1.29, 1.82) is 0 Å². The van der Waals surface area contributed by atoms with E-state index in [2.05, 4.69) is 15.2 Å². The van der Waals surface area contributed by atoms with E-state index in [1.54, 1.807) is 23.1 Å². The molecule has 0 aliphatic rings. The second-order valence-electron chi connectivity index (χ2n) is 6.10. The first-order valence-electron chi connectivity index (χ1n) is 8.31. The predicted molar refractivity (Wildman–Crippen MR) is 104 cm³/mol. The van der Waals surface area contributed by atoms with Crippen LogP contribution in [0.1, 0.15) is 11.1 Å². The summed E-state index contributed by atoms with van der Waals surface area (Å²) in [6.45, 7) is 2.03. The van der Waals surface area contributed by atoms with E-state index in [0.29, 0.717) is 0 Å². The molecule has 0 spiro atoms. The number of aliphatic imine (C=N–C) groups is 1. The number of rotatable bonds is 4. The number of hydrogen-bond acceptors (Lipinski definition) is 5. The molecule has 0 aliphatic carbocycles.